The standard InChI is InChI=1S/C31H42O4/c1-4-24-18-28-20-27-12-8-11-26(33-27)17-22(2)13-14-23(3)30(16-15-25-9-6-5-7-10-25)35-31(32)21-29(19-24)34-28/h4-7,9-10,13-16,22-23,26-30H,8,11-12,17-21H2,1-3H3/t22-,23-,26+,27?,28?,29?,30?/m0/s1. The normalized spacial score (nSPS) is 36.3. The number of esters is 1. The Bertz CT molecular complexity index is 902. The third-order valence-electron chi connectivity index (χ3n) is 7.57. The summed E-state index contributed by atoms with van der Waals surface area (Å²) >= 11 is 0. The highest BCUT2D eigenvalue weighted by atomic mass is 16.5. The molecule has 4 nitrogen and oxygen atoms in total. The molecule has 35 heavy (non-hydrogen) atoms. The van der Waals surface area contributed by atoms with Crippen LogP contribution in [0.25, 0.3) is 6.08 Å². The van der Waals surface area contributed by atoms with Crippen LogP contribution in [-0.2, 0) is 19.0 Å². The Morgan fingerprint density at radius 3 is 2.34 bits per heavy atom. The Hall–Kier alpha value is -2.17. The molecule has 0 saturated carbocycles. The maximum Gasteiger partial charge on any atom is 0.309 e. The molecule has 7 atom stereocenters. The van der Waals surface area contributed by atoms with Crippen molar-refractivity contribution < 1.29 is 19.0 Å². The van der Waals surface area contributed by atoms with Gasteiger partial charge in [0.25, 0.3) is 0 Å². The molecule has 0 aromatic heterocycles. The van der Waals surface area contributed by atoms with Gasteiger partial charge in [0, 0.05) is 12.3 Å². The van der Waals surface area contributed by atoms with Gasteiger partial charge < -0.3 is 14.2 Å². The van der Waals surface area contributed by atoms with Gasteiger partial charge in [-0.1, -0.05) is 74.1 Å². The third-order valence-corrected chi connectivity index (χ3v) is 7.57. The molecule has 4 rings (SSSR count). The summed E-state index contributed by atoms with van der Waals surface area (Å²) in [5.41, 5.74) is 2.47. The molecule has 3 aliphatic heterocycles. The number of allylic oxidation sites excluding steroid dienone is 2. The number of hydrogen-bond acceptors (Lipinski definition) is 4. The lowest BCUT2D eigenvalue weighted by Gasteiger charge is -2.37. The Balaban J connectivity index is 1.55. The van der Waals surface area contributed by atoms with Gasteiger partial charge in [0.15, 0.2) is 0 Å². The summed E-state index contributed by atoms with van der Waals surface area (Å²) < 4.78 is 19.0. The van der Waals surface area contributed by atoms with Crippen molar-refractivity contribution in [1.29, 1.82) is 0 Å². The molecule has 2 fully saturated rings. The Kier molecular flexibility index (Phi) is 9.39. The maximum absolute atomic E-state index is 13.1. The zero-order valence-electron chi connectivity index (χ0n) is 21.6. The first-order chi connectivity index (χ1) is 17.0. The minimum Gasteiger partial charge on any atom is -0.457 e. The van der Waals surface area contributed by atoms with Crippen LogP contribution in [0.5, 0.6) is 0 Å². The monoisotopic (exact) mass is 478 g/mol. The molecule has 2 saturated heterocycles. The van der Waals surface area contributed by atoms with Crippen molar-refractivity contribution >= 4 is 12.0 Å². The van der Waals surface area contributed by atoms with E-state index in [0.29, 0.717) is 12.0 Å². The molecular weight excluding hydrogens is 436 g/mol. The summed E-state index contributed by atoms with van der Waals surface area (Å²) in [6.45, 7) is 6.47. The zero-order chi connectivity index (χ0) is 24.6. The topological polar surface area (TPSA) is 44.8 Å². The number of cyclic esters (lactones) is 1. The van der Waals surface area contributed by atoms with Crippen molar-refractivity contribution in [3.05, 3.63) is 65.8 Å². The first kappa shape index (κ1) is 25.9. The van der Waals surface area contributed by atoms with Crippen LogP contribution in [-0.4, -0.2) is 36.5 Å². The fourth-order valence-corrected chi connectivity index (χ4v) is 5.60. The number of hydrogen-bond donors (Lipinski definition) is 0. The molecule has 4 heteroatoms. The lowest BCUT2D eigenvalue weighted by molar-refractivity contribution is -0.154. The van der Waals surface area contributed by atoms with Crippen LogP contribution in [0, 0.1) is 11.8 Å². The molecule has 0 radical (unpaired) electrons. The molecule has 3 aliphatic rings. The highest BCUT2D eigenvalue weighted by Crippen LogP contribution is 2.33. The van der Waals surface area contributed by atoms with Crippen LogP contribution in [0.15, 0.2) is 60.2 Å². The number of fused-ring (bicyclic) bond motifs is 4. The molecule has 1 aromatic rings. The van der Waals surface area contributed by atoms with Gasteiger partial charge in [0.05, 0.1) is 30.8 Å². The highest BCUT2D eigenvalue weighted by molar-refractivity contribution is 5.70. The average Bonchev–Trinajstić information content (AvgIpc) is 2.85. The van der Waals surface area contributed by atoms with Crippen molar-refractivity contribution in [2.45, 2.75) is 103 Å². The molecule has 0 aliphatic carbocycles. The van der Waals surface area contributed by atoms with Gasteiger partial charge >= 0.3 is 5.97 Å². The maximum atomic E-state index is 13.1. The molecule has 4 bridgehead atoms. The largest absolute Gasteiger partial charge is 0.457 e. The van der Waals surface area contributed by atoms with Crippen LogP contribution in [0.3, 0.4) is 0 Å². The number of ether oxygens (including phenoxy) is 3. The van der Waals surface area contributed by atoms with Crippen LogP contribution in [0.1, 0.15) is 77.7 Å². The molecule has 3 heterocycles. The smallest absolute Gasteiger partial charge is 0.309 e. The second kappa shape index (κ2) is 12.7. The summed E-state index contributed by atoms with van der Waals surface area (Å²) in [6.07, 6.45) is 18.3. The van der Waals surface area contributed by atoms with Gasteiger partial charge in [-0.05, 0) is 63.0 Å². The van der Waals surface area contributed by atoms with Crippen LogP contribution < -0.4 is 0 Å². The molecule has 4 unspecified atom stereocenters. The minimum absolute atomic E-state index is 0.0698. The van der Waals surface area contributed by atoms with E-state index in [-0.39, 0.29) is 42.7 Å². The second-order valence-corrected chi connectivity index (χ2v) is 10.7. The molecular formula is C31H42O4. The Morgan fingerprint density at radius 1 is 0.857 bits per heavy atom. The lowest BCUT2D eigenvalue weighted by Crippen LogP contribution is -2.37. The number of benzene rings is 1. The van der Waals surface area contributed by atoms with E-state index in [2.05, 4.69) is 51.1 Å². The van der Waals surface area contributed by atoms with Gasteiger partial charge in [0.2, 0.25) is 0 Å². The van der Waals surface area contributed by atoms with Crippen molar-refractivity contribution in [3.8, 4) is 0 Å². The third kappa shape index (κ3) is 7.91. The Labute approximate surface area is 211 Å². The Morgan fingerprint density at radius 2 is 1.57 bits per heavy atom. The van der Waals surface area contributed by atoms with Crippen LogP contribution >= 0.6 is 0 Å². The molecule has 0 spiro atoms. The quantitative estimate of drug-likeness (QED) is 0.337. The molecule has 0 amide bonds. The second-order valence-electron chi connectivity index (χ2n) is 10.7. The van der Waals surface area contributed by atoms with Crippen molar-refractivity contribution in [2.24, 2.45) is 11.8 Å². The summed E-state index contributed by atoms with van der Waals surface area (Å²) in [5, 5.41) is 0. The molecule has 1 aromatic carbocycles. The summed E-state index contributed by atoms with van der Waals surface area (Å²) in [7, 11) is 0. The minimum atomic E-state index is -0.324. The molecule has 190 valence electrons. The van der Waals surface area contributed by atoms with Gasteiger partial charge in [-0.3, -0.25) is 4.79 Å². The zero-order valence-corrected chi connectivity index (χ0v) is 21.6. The average molecular weight is 479 g/mol. The fraction of sp³-hybridized carbons (Fsp3) is 0.581. The van der Waals surface area contributed by atoms with Crippen LogP contribution in [0.4, 0.5) is 0 Å². The van der Waals surface area contributed by atoms with Crippen molar-refractivity contribution in [2.75, 3.05) is 0 Å². The molecule has 0 N–H and O–H groups in total. The van der Waals surface area contributed by atoms with Crippen molar-refractivity contribution in [1.82, 2.24) is 0 Å². The highest BCUT2D eigenvalue weighted by Gasteiger charge is 2.32. The first-order valence-corrected chi connectivity index (χ1v) is 13.5. The van der Waals surface area contributed by atoms with Gasteiger partial charge in [-0.2, -0.15) is 0 Å². The summed E-state index contributed by atoms with van der Waals surface area (Å²) in [4.78, 5) is 13.1. The first-order valence-electron chi connectivity index (χ1n) is 13.5. The van der Waals surface area contributed by atoms with E-state index >= 15 is 0 Å². The SMILES string of the molecule is CC=C1CC2CC(=O)OC(C=Cc3ccccc3)[C@@H](C)C=C[C@H](C)C[C@H]3CCCC(CC(C1)O2)O3. The number of rotatable bonds is 2. The lowest BCUT2D eigenvalue weighted by atomic mass is 9.90. The van der Waals surface area contributed by atoms with Crippen molar-refractivity contribution in [3.63, 3.8) is 0 Å². The van der Waals surface area contributed by atoms with E-state index in [1.807, 2.05) is 30.4 Å². The predicted molar refractivity (Wildman–Crippen MR) is 141 cm³/mol. The van der Waals surface area contributed by atoms with Crippen LogP contribution in [0.2, 0.25) is 0 Å². The van der Waals surface area contributed by atoms with E-state index in [1.165, 1.54) is 12.0 Å². The summed E-state index contributed by atoms with van der Waals surface area (Å²) in [6, 6.07) is 10.2. The summed E-state index contributed by atoms with van der Waals surface area (Å²) in [5.74, 6) is 0.289. The number of carbonyl (C=O) groups excluding carboxylic acids is 1. The van der Waals surface area contributed by atoms with Gasteiger partial charge in [-0.25, -0.2) is 0 Å². The predicted octanol–water partition coefficient (Wildman–Crippen LogP) is 7.06. The van der Waals surface area contributed by atoms with E-state index in [0.717, 1.165) is 44.1 Å². The van der Waals surface area contributed by atoms with Gasteiger partial charge in [0.1, 0.15) is 6.10 Å². The van der Waals surface area contributed by atoms with E-state index < -0.39 is 0 Å². The van der Waals surface area contributed by atoms with Gasteiger partial charge in [-0.15, -0.1) is 0 Å². The fourth-order valence-electron chi connectivity index (χ4n) is 5.60. The van der Waals surface area contributed by atoms with E-state index in [4.69, 9.17) is 14.2 Å². The number of carbonyl (C=O) groups is 1. The van der Waals surface area contributed by atoms with E-state index in [1.54, 1.807) is 0 Å². The van der Waals surface area contributed by atoms with E-state index in [9.17, 15) is 4.79 Å².